The number of nitrogens with one attached hydrogen (secondary N) is 1. The van der Waals surface area contributed by atoms with Crippen LogP contribution in [0, 0.1) is 0 Å². The summed E-state index contributed by atoms with van der Waals surface area (Å²) in [6.45, 7) is 3.79. The Kier molecular flexibility index (Phi) is 3.69. The van der Waals surface area contributed by atoms with Gasteiger partial charge in [0, 0.05) is 19.6 Å². The van der Waals surface area contributed by atoms with Gasteiger partial charge in [-0.05, 0) is 24.4 Å². The van der Waals surface area contributed by atoms with Gasteiger partial charge in [-0.25, -0.2) is 8.51 Å². The van der Waals surface area contributed by atoms with Crippen LogP contribution >= 0.6 is 11.3 Å². The Hall–Kier alpha value is -0.230. The van der Waals surface area contributed by atoms with E-state index in [1.807, 2.05) is 21.8 Å². The minimum Gasteiger partial charge on any atom is -0.315 e. The van der Waals surface area contributed by atoms with Gasteiger partial charge in [0.25, 0.3) is 0 Å². The quantitative estimate of drug-likeness (QED) is 0.824. The van der Waals surface area contributed by atoms with Crippen LogP contribution in [0.4, 0.5) is 0 Å². The second-order valence-electron chi connectivity index (χ2n) is 3.21. The number of thiophene rings is 1. The minimum absolute atomic E-state index is 0.879. The third-order valence-corrected chi connectivity index (χ3v) is 4.89. The van der Waals surface area contributed by atoms with Crippen molar-refractivity contribution in [1.29, 1.82) is 0 Å². The summed E-state index contributed by atoms with van der Waals surface area (Å²) < 4.78 is 15.0. The third kappa shape index (κ3) is 2.42. The molecule has 1 aromatic heterocycles. The van der Waals surface area contributed by atoms with Gasteiger partial charge in [-0.2, -0.15) is 0 Å². The van der Waals surface area contributed by atoms with Crippen LogP contribution in [-0.4, -0.2) is 34.7 Å². The standard InChI is InChI=1S/C9H14N2OS2/c12-14(9-3-1-8-13-9)11-6-2-4-10-5-7-11/h1,3,8,10H,2,4-7H2. The van der Waals surface area contributed by atoms with Crippen LogP contribution in [0.2, 0.25) is 0 Å². The van der Waals surface area contributed by atoms with Crippen LogP contribution in [-0.2, 0) is 11.0 Å². The fourth-order valence-electron chi connectivity index (χ4n) is 1.48. The summed E-state index contributed by atoms with van der Waals surface area (Å²) in [5.41, 5.74) is 0. The molecule has 78 valence electrons. The molecule has 0 amide bonds. The molecule has 0 aliphatic carbocycles. The second kappa shape index (κ2) is 5.02. The van der Waals surface area contributed by atoms with E-state index in [2.05, 4.69) is 5.32 Å². The normalized spacial score (nSPS) is 21.7. The molecule has 1 N–H and O–H groups in total. The van der Waals surface area contributed by atoms with Gasteiger partial charge in [0.1, 0.15) is 15.2 Å². The molecule has 14 heavy (non-hydrogen) atoms. The molecule has 0 aromatic carbocycles. The molecule has 0 bridgehead atoms. The third-order valence-electron chi connectivity index (χ3n) is 2.20. The minimum atomic E-state index is -0.938. The van der Waals surface area contributed by atoms with Gasteiger partial charge in [-0.3, -0.25) is 0 Å². The second-order valence-corrected chi connectivity index (χ2v) is 5.87. The SMILES string of the molecule is O=S(c1cccs1)N1CCCNCC1. The molecule has 1 aliphatic heterocycles. The zero-order chi connectivity index (χ0) is 9.80. The van der Waals surface area contributed by atoms with E-state index >= 15 is 0 Å². The van der Waals surface area contributed by atoms with Crippen LogP contribution in [0.1, 0.15) is 6.42 Å². The van der Waals surface area contributed by atoms with E-state index in [0.29, 0.717) is 0 Å². The van der Waals surface area contributed by atoms with Gasteiger partial charge in [-0.15, -0.1) is 11.3 Å². The summed E-state index contributed by atoms with van der Waals surface area (Å²) in [6, 6.07) is 3.90. The average Bonchev–Trinajstić information content (AvgIpc) is 2.59. The summed E-state index contributed by atoms with van der Waals surface area (Å²) >= 11 is 1.57. The molecule has 1 saturated heterocycles. The number of rotatable bonds is 2. The highest BCUT2D eigenvalue weighted by Crippen LogP contribution is 2.17. The molecule has 0 radical (unpaired) electrons. The number of nitrogens with zero attached hydrogens (tertiary/aromatic N) is 1. The van der Waals surface area contributed by atoms with Crippen molar-refractivity contribution < 1.29 is 4.21 Å². The van der Waals surface area contributed by atoms with Crippen molar-refractivity contribution in [3.63, 3.8) is 0 Å². The molecule has 5 heteroatoms. The van der Waals surface area contributed by atoms with E-state index in [4.69, 9.17) is 0 Å². The van der Waals surface area contributed by atoms with Gasteiger partial charge in [0.05, 0.1) is 0 Å². The highest BCUT2D eigenvalue weighted by molar-refractivity contribution is 7.85. The van der Waals surface area contributed by atoms with Crippen LogP contribution in [0.3, 0.4) is 0 Å². The highest BCUT2D eigenvalue weighted by atomic mass is 32.2. The molecule has 2 rings (SSSR count). The smallest absolute Gasteiger partial charge is 0.137 e. The Morgan fingerprint density at radius 3 is 3.14 bits per heavy atom. The average molecular weight is 230 g/mol. The van der Waals surface area contributed by atoms with E-state index in [0.717, 1.165) is 36.8 Å². The van der Waals surface area contributed by atoms with Crippen molar-refractivity contribution in [2.24, 2.45) is 0 Å². The van der Waals surface area contributed by atoms with Crippen LogP contribution in [0.15, 0.2) is 21.7 Å². The fourth-order valence-corrected chi connectivity index (χ4v) is 3.74. The molecule has 2 heterocycles. The van der Waals surface area contributed by atoms with E-state index in [1.165, 1.54) is 0 Å². The maximum atomic E-state index is 12.0. The van der Waals surface area contributed by atoms with Crippen molar-refractivity contribution >= 4 is 22.3 Å². The van der Waals surface area contributed by atoms with E-state index < -0.39 is 11.0 Å². The van der Waals surface area contributed by atoms with Gasteiger partial charge >= 0.3 is 0 Å². The van der Waals surface area contributed by atoms with Gasteiger partial charge in [-0.1, -0.05) is 6.07 Å². The maximum Gasteiger partial charge on any atom is 0.137 e. The summed E-state index contributed by atoms with van der Waals surface area (Å²) in [4.78, 5) is 0. The molecular formula is C9H14N2OS2. The Bertz CT molecular complexity index is 292. The largest absolute Gasteiger partial charge is 0.315 e. The van der Waals surface area contributed by atoms with Crippen molar-refractivity contribution in [1.82, 2.24) is 9.62 Å². The van der Waals surface area contributed by atoms with E-state index in [1.54, 1.807) is 11.3 Å². The Morgan fingerprint density at radius 1 is 1.43 bits per heavy atom. The van der Waals surface area contributed by atoms with E-state index in [9.17, 15) is 4.21 Å². The van der Waals surface area contributed by atoms with Crippen LogP contribution < -0.4 is 5.32 Å². The maximum absolute atomic E-state index is 12.0. The number of hydrogen-bond acceptors (Lipinski definition) is 3. The summed E-state index contributed by atoms with van der Waals surface area (Å²) in [5.74, 6) is 0. The zero-order valence-corrected chi connectivity index (χ0v) is 9.57. The summed E-state index contributed by atoms with van der Waals surface area (Å²) in [6.07, 6.45) is 1.08. The Labute approximate surface area is 90.7 Å². The van der Waals surface area contributed by atoms with Gasteiger partial charge in [0.15, 0.2) is 0 Å². The predicted molar refractivity (Wildman–Crippen MR) is 59.8 cm³/mol. The monoisotopic (exact) mass is 230 g/mol. The lowest BCUT2D eigenvalue weighted by molar-refractivity contribution is 0.472. The first-order chi connectivity index (χ1) is 6.88. The first kappa shape index (κ1) is 10.3. The van der Waals surface area contributed by atoms with E-state index in [-0.39, 0.29) is 0 Å². The molecule has 3 nitrogen and oxygen atoms in total. The molecule has 0 spiro atoms. The van der Waals surface area contributed by atoms with Crippen molar-refractivity contribution in [3.05, 3.63) is 17.5 Å². The molecular weight excluding hydrogens is 216 g/mol. The first-order valence-electron chi connectivity index (χ1n) is 4.79. The van der Waals surface area contributed by atoms with Crippen molar-refractivity contribution in [2.75, 3.05) is 26.2 Å². The lowest BCUT2D eigenvalue weighted by Gasteiger charge is -2.16. The van der Waals surface area contributed by atoms with Crippen molar-refractivity contribution in [3.8, 4) is 0 Å². The molecule has 1 atom stereocenters. The summed E-state index contributed by atoms with van der Waals surface area (Å²) in [5, 5.41) is 5.28. The van der Waals surface area contributed by atoms with Gasteiger partial charge in [0.2, 0.25) is 0 Å². The molecule has 0 saturated carbocycles. The molecule has 1 unspecified atom stereocenters. The molecule has 1 aromatic rings. The predicted octanol–water partition coefficient (Wildman–Crippen LogP) is 1.07. The van der Waals surface area contributed by atoms with Crippen LogP contribution in [0.25, 0.3) is 0 Å². The van der Waals surface area contributed by atoms with Gasteiger partial charge < -0.3 is 5.32 Å². The zero-order valence-electron chi connectivity index (χ0n) is 7.94. The lowest BCUT2D eigenvalue weighted by atomic mass is 10.4. The van der Waals surface area contributed by atoms with Crippen LogP contribution in [0.5, 0.6) is 0 Å². The topological polar surface area (TPSA) is 32.3 Å². The Morgan fingerprint density at radius 2 is 2.36 bits per heavy atom. The Balaban J connectivity index is 2.03. The lowest BCUT2D eigenvalue weighted by Crippen LogP contribution is -2.29. The molecule has 1 aliphatic rings. The summed E-state index contributed by atoms with van der Waals surface area (Å²) in [7, 11) is -0.938. The fraction of sp³-hybridized carbons (Fsp3) is 0.556. The highest BCUT2D eigenvalue weighted by Gasteiger charge is 2.16. The number of hydrogen-bond donors (Lipinski definition) is 1. The first-order valence-corrected chi connectivity index (χ1v) is 6.77. The van der Waals surface area contributed by atoms with Crippen molar-refractivity contribution in [2.45, 2.75) is 10.6 Å². The molecule has 1 fully saturated rings.